The lowest BCUT2D eigenvalue weighted by atomic mass is 9.99. The second kappa shape index (κ2) is 7.45. The summed E-state index contributed by atoms with van der Waals surface area (Å²) in [6.07, 6.45) is -0.0183. The fraction of sp³-hybridized carbons (Fsp3) is 0.190. The molecule has 0 unspecified atom stereocenters. The number of nitrogens with two attached hydrogens (primary N) is 1. The first kappa shape index (κ1) is 18.4. The minimum atomic E-state index is -0.944. The van der Waals surface area contributed by atoms with Crippen molar-refractivity contribution in [2.24, 2.45) is 5.73 Å². The van der Waals surface area contributed by atoms with E-state index in [4.69, 9.17) is 5.73 Å². The van der Waals surface area contributed by atoms with Crippen LogP contribution in [0.4, 0.5) is 0 Å². The fourth-order valence-electron chi connectivity index (χ4n) is 3.36. The van der Waals surface area contributed by atoms with E-state index in [1.165, 1.54) is 0 Å². The average molecular weight is 364 g/mol. The summed E-state index contributed by atoms with van der Waals surface area (Å²) in [6.45, 7) is 2.45. The van der Waals surface area contributed by atoms with Crippen LogP contribution in [0.2, 0.25) is 0 Å². The zero-order valence-electron chi connectivity index (χ0n) is 15.2. The van der Waals surface area contributed by atoms with Gasteiger partial charge in [0.2, 0.25) is 5.91 Å². The highest BCUT2D eigenvalue weighted by molar-refractivity contribution is 6.43. The lowest BCUT2D eigenvalue weighted by molar-refractivity contribution is -0.135. The third-order valence-corrected chi connectivity index (χ3v) is 4.63. The number of ketones is 1. The standard InChI is InChI=1S/C21H20N2O4/c1-13-16(11-18(22)24)19-15(20(25)21(26)27-2)9-6-10-17(19)23(13)12-14-7-4-3-5-8-14/h3-10H,11-12H2,1-2H3,(H2,22,24). The number of carbonyl (C=O) groups excluding carboxylic acids is 3. The highest BCUT2D eigenvalue weighted by atomic mass is 16.5. The quantitative estimate of drug-likeness (QED) is 0.413. The molecule has 6 heteroatoms. The van der Waals surface area contributed by atoms with Gasteiger partial charge in [-0.1, -0.05) is 42.5 Å². The van der Waals surface area contributed by atoms with Crippen molar-refractivity contribution in [3.8, 4) is 0 Å². The molecule has 138 valence electrons. The maximum Gasteiger partial charge on any atom is 0.379 e. The number of nitrogens with zero attached hydrogens (tertiary/aromatic N) is 1. The van der Waals surface area contributed by atoms with E-state index in [1.807, 2.05) is 47.9 Å². The van der Waals surface area contributed by atoms with Gasteiger partial charge in [-0.25, -0.2) is 4.79 Å². The molecule has 3 rings (SSSR count). The Kier molecular flexibility index (Phi) is 5.07. The molecule has 1 amide bonds. The van der Waals surface area contributed by atoms with Crippen LogP contribution in [0.5, 0.6) is 0 Å². The lowest BCUT2D eigenvalue weighted by Crippen LogP contribution is -2.17. The minimum absolute atomic E-state index is 0.0183. The van der Waals surface area contributed by atoms with Crippen molar-refractivity contribution in [2.45, 2.75) is 19.9 Å². The first-order chi connectivity index (χ1) is 12.9. The molecular weight excluding hydrogens is 344 g/mol. The fourth-order valence-corrected chi connectivity index (χ4v) is 3.36. The summed E-state index contributed by atoms with van der Waals surface area (Å²) in [4.78, 5) is 35.9. The predicted octanol–water partition coefficient (Wildman–Crippen LogP) is 2.38. The van der Waals surface area contributed by atoms with E-state index in [2.05, 4.69) is 4.74 Å². The van der Waals surface area contributed by atoms with Gasteiger partial charge >= 0.3 is 5.97 Å². The summed E-state index contributed by atoms with van der Waals surface area (Å²) in [7, 11) is 1.16. The summed E-state index contributed by atoms with van der Waals surface area (Å²) in [5, 5.41) is 0.570. The topological polar surface area (TPSA) is 91.4 Å². The van der Waals surface area contributed by atoms with Crippen LogP contribution < -0.4 is 5.73 Å². The number of fused-ring (bicyclic) bond motifs is 1. The summed E-state index contributed by atoms with van der Waals surface area (Å²) >= 11 is 0. The van der Waals surface area contributed by atoms with Crippen LogP contribution in [0, 0.1) is 6.92 Å². The Labute approximate surface area is 156 Å². The van der Waals surface area contributed by atoms with Crippen molar-refractivity contribution < 1.29 is 19.1 Å². The molecule has 0 saturated carbocycles. The number of esters is 1. The lowest BCUT2D eigenvalue weighted by Gasteiger charge is -2.09. The van der Waals surface area contributed by atoms with Crippen molar-refractivity contribution in [1.82, 2.24) is 4.57 Å². The Morgan fingerprint density at radius 3 is 2.37 bits per heavy atom. The predicted molar refractivity (Wildman–Crippen MR) is 101 cm³/mol. The van der Waals surface area contributed by atoms with Gasteiger partial charge in [0.1, 0.15) is 0 Å². The van der Waals surface area contributed by atoms with Gasteiger partial charge in [0.15, 0.2) is 0 Å². The molecule has 0 aliphatic heterocycles. The number of ether oxygens (including phenoxy) is 1. The van der Waals surface area contributed by atoms with Gasteiger partial charge < -0.3 is 15.0 Å². The van der Waals surface area contributed by atoms with Gasteiger partial charge in [0, 0.05) is 28.7 Å². The highest BCUT2D eigenvalue weighted by Gasteiger charge is 2.25. The van der Waals surface area contributed by atoms with E-state index in [1.54, 1.807) is 12.1 Å². The number of hydrogen-bond acceptors (Lipinski definition) is 4. The number of benzene rings is 2. The van der Waals surface area contributed by atoms with Gasteiger partial charge in [0.05, 0.1) is 13.5 Å². The largest absolute Gasteiger partial charge is 0.463 e. The molecule has 0 aliphatic carbocycles. The highest BCUT2D eigenvalue weighted by Crippen LogP contribution is 2.31. The molecule has 0 fully saturated rings. The summed E-state index contributed by atoms with van der Waals surface area (Å²) in [5.41, 5.74) is 8.98. The van der Waals surface area contributed by atoms with E-state index in [0.717, 1.165) is 23.9 Å². The van der Waals surface area contributed by atoms with Crippen LogP contribution in [-0.2, 0) is 27.3 Å². The molecule has 3 aromatic rings. The molecular formula is C21H20N2O4. The number of methoxy groups -OCH3 is 1. The van der Waals surface area contributed by atoms with Gasteiger partial charge in [-0.3, -0.25) is 9.59 Å². The number of hydrogen-bond donors (Lipinski definition) is 1. The zero-order chi connectivity index (χ0) is 19.6. The summed E-state index contributed by atoms with van der Waals surface area (Å²) < 4.78 is 6.61. The van der Waals surface area contributed by atoms with E-state index >= 15 is 0 Å². The summed E-state index contributed by atoms with van der Waals surface area (Å²) in [6, 6.07) is 15.0. The van der Waals surface area contributed by atoms with Crippen LogP contribution >= 0.6 is 0 Å². The summed E-state index contributed by atoms with van der Waals surface area (Å²) in [5.74, 6) is -2.19. The molecule has 2 N–H and O–H groups in total. The first-order valence-corrected chi connectivity index (χ1v) is 8.49. The van der Waals surface area contributed by atoms with E-state index in [0.29, 0.717) is 17.5 Å². The van der Waals surface area contributed by atoms with Crippen molar-refractivity contribution in [1.29, 1.82) is 0 Å². The van der Waals surface area contributed by atoms with Crippen LogP contribution in [0.25, 0.3) is 10.9 Å². The zero-order valence-corrected chi connectivity index (χ0v) is 15.2. The number of aromatic nitrogens is 1. The van der Waals surface area contributed by atoms with Crippen LogP contribution in [-0.4, -0.2) is 29.3 Å². The number of amides is 1. The molecule has 0 spiro atoms. The van der Waals surface area contributed by atoms with Crippen LogP contribution in [0.1, 0.15) is 27.2 Å². The normalized spacial score (nSPS) is 10.7. The number of primary amides is 1. The number of rotatable bonds is 6. The molecule has 0 radical (unpaired) electrons. The van der Waals surface area contributed by atoms with Crippen molar-refractivity contribution >= 4 is 28.6 Å². The van der Waals surface area contributed by atoms with Crippen LogP contribution in [0.3, 0.4) is 0 Å². The van der Waals surface area contributed by atoms with Gasteiger partial charge in [0.25, 0.3) is 5.78 Å². The molecule has 2 aromatic carbocycles. The Balaban J connectivity index is 2.25. The Morgan fingerprint density at radius 1 is 1.04 bits per heavy atom. The molecule has 0 aliphatic rings. The second-order valence-corrected chi connectivity index (χ2v) is 6.30. The molecule has 27 heavy (non-hydrogen) atoms. The monoisotopic (exact) mass is 364 g/mol. The van der Waals surface area contributed by atoms with Crippen molar-refractivity contribution in [3.05, 3.63) is 70.9 Å². The van der Waals surface area contributed by atoms with Gasteiger partial charge in [-0.15, -0.1) is 0 Å². The maximum atomic E-state index is 12.5. The van der Waals surface area contributed by atoms with Crippen molar-refractivity contribution in [3.63, 3.8) is 0 Å². The van der Waals surface area contributed by atoms with Crippen LogP contribution in [0.15, 0.2) is 48.5 Å². The Bertz CT molecular complexity index is 1040. The first-order valence-electron chi connectivity index (χ1n) is 8.49. The maximum absolute atomic E-state index is 12.5. The van der Waals surface area contributed by atoms with E-state index in [-0.39, 0.29) is 12.0 Å². The van der Waals surface area contributed by atoms with E-state index < -0.39 is 17.7 Å². The van der Waals surface area contributed by atoms with Crippen molar-refractivity contribution in [2.75, 3.05) is 7.11 Å². The minimum Gasteiger partial charge on any atom is -0.463 e. The smallest absolute Gasteiger partial charge is 0.379 e. The third kappa shape index (κ3) is 3.46. The Morgan fingerprint density at radius 2 is 1.74 bits per heavy atom. The Hall–Kier alpha value is -3.41. The third-order valence-electron chi connectivity index (χ3n) is 4.63. The number of Topliss-reactive ketones (excluding diaryl/α,β-unsaturated/α-hetero) is 1. The SMILES string of the molecule is COC(=O)C(=O)c1cccc2c1c(CC(N)=O)c(C)n2Cc1ccccc1. The molecule has 0 bridgehead atoms. The number of carbonyl (C=O) groups is 3. The second-order valence-electron chi connectivity index (χ2n) is 6.30. The van der Waals surface area contributed by atoms with Gasteiger partial charge in [-0.2, -0.15) is 0 Å². The molecule has 6 nitrogen and oxygen atoms in total. The van der Waals surface area contributed by atoms with E-state index in [9.17, 15) is 14.4 Å². The van der Waals surface area contributed by atoms with Gasteiger partial charge in [-0.05, 0) is 24.1 Å². The average Bonchev–Trinajstić information content (AvgIpc) is 2.93. The molecule has 1 aromatic heterocycles. The molecule has 0 saturated heterocycles. The molecule has 1 heterocycles. The molecule has 0 atom stereocenters.